The van der Waals surface area contributed by atoms with Crippen LogP contribution >= 0.6 is 11.8 Å². The molecule has 0 saturated carbocycles. The van der Waals surface area contributed by atoms with Crippen LogP contribution in [0.3, 0.4) is 0 Å². The first-order valence-electron chi connectivity index (χ1n) is 7.97. The number of tetrazole rings is 1. The smallest absolute Gasteiger partial charge is 0.220 e. The van der Waals surface area contributed by atoms with Crippen LogP contribution in [0.1, 0.15) is 18.1 Å². The Morgan fingerprint density at radius 1 is 1.04 bits per heavy atom. The highest BCUT2D eigenvalue weighted by atomic mass is 32.2. The quantitative estimate of drug-likeness (QED) is 0.322. The number of thioether (sulfide) groups is 1. The molecule has 8 heteroatoms. The Hall–Kier alpha value is -3.00. The first kappa shape index (κ1) is 17.8. The zero-order valence-corrected chi connectivity index (χ0v) is 15.5. The predicted molar refractivity (Wildman–Crippen MR) is 103 cm³/mol. The van der Waals surface area contributed by atoms with E-state index in [0.29, 0.717) is 5.16 Å². The van der Waals surface area contributed by atoms with Gasteiger partial charge in [-0.1, -0.05) is 35.4 Å². The highest BCUT2D eigenvalue weighted by Crippen LogP contribution is 2.21. The molecule has 0 atom stereocenters. The third kappa shape index (κ3) is 4.34. The number of nitrogens with zero attached hydrogens (tertiary/aromatic N) is 5. The maximum Gasteiger partial charge on any atom is 0.220 e. The summed E-state index contributed by atoms with van der Waals surface area (Å²) in [6, 6.07) is 15.5. The Kier molecular flexibility index (Phi) is 5.43. The van der Waals surface area contributed by atoms with E-state index in [4.69, 9.17) is 0 Å². The van der Waals surface area contributed by atoms with E-state index in [9.17, 15) is 4.79 Å². The largest absolute Gasteiger partial charge is 0.292 e. The van der Waals surface area contributed by atoms with Crippen molar-refractivity contribution in [3.8, 4) is 5.69 Å². The van der Waals surface area contributed by atoms with Crippen molar-refractivity contribution in [2.45, 2.75) is 25.9 Å². The number of hydrazone groups is 1. The molecule has 2 aromatic carbocycles. The van der Waals surface area contributed by atoms with Crippen molar-refractivity contribution >= 4 is 28.3 Å². The summed E-state index contributed by atoms with van der Waals surface area (Å²) in [7, 11) is 0. The first-order chi connectivity index (χ1) is 12.5. The van der Waals surface area contributed by atoms with Gasteiger partial charge in [-0.25, -0.2) is 0 Å². The number of ketones is 1. The van der Waals surface area contributed by atoms with E-state index >= 15 is 0 Å². The van der Waals surface area contributed by atoms with Crippen molar-refractivity contribution in [1.82, 2.24) is 20.2 Å². The summed E-state index contributed by atoms with van der Waals surface area (Å²) in [5, 5.41) is 16.7. The minimum atomic E-state index is -0.173. The number of nitrogens with one attached hydrogen (secondary N) is 1. The second-order valence-corrected chi connectivity index (χ2v) is 6.72. The van der Waals surface area contributed by atoms with E-state index in [1.54, 1.807) is 4.68 Å². The second-order valence-electron chi connectivity index (χ2n) is 5.76. The predicted octanol–water partition coefficient (Wildman–Crippen LogP) is 3.39. The fourth-order valence-electron chi connectivity index (χ4n) is 2.09. The molecule has 0 saturated heterocycles. The monoisotopic (exact) mass is 366 g/mol. The van der Waals surface area contributed by atoms with E-state index in [1.165, 1.54) is 6.92 Å². The molecule has 0 aliphatic carbocycles. The molecule has 0 aliphatic heterocycles. The molecule has 3 rings (SSSR count). The van der Waals surface area contributed by atoms with Gasteiger partial charge in [0.15, 0.2) is 10.8 Å². The topological polar surface area (TPSA) is 85.1 Å². The van der Waals surface area contributed by atoms with Gasteiger partial charge < -0.3 is 0 Å². The van der Waals surface area contributed by atoms with Gasteiger partial charge in [-0.3, -0.25) is 10.2 Å². The molecule has 0 aliphatic rings. The zero-order valence-electron chi connectivity index (χ0n) is 14.7. The number of carbonyl (C=O) groups excluding carboxylic acids is 1. The maximum absolute atomic E-state index is 12.0. The molecule has 1 aromatic heterocycles. The Morgan fingerprint density at radius 3 is 2.27 bits per heavy atom. The van der Waals surface area contributed by atoms with Gasteiger partial charge in [0, 0.05) is 6.92 Å². The normalized spacial score (nSPS) is 11.4. The molecule has 0 bridgehead atoms. The molecule has 1 N–H and O–H groups in total. The van der Waals surface area contributed by atoms with Gasteiger partial charge in [-0.15, -0.1) is 5.10 Å². The highest BCUT2D eigenvalue weighted by molar-refractivity contribution is 8.15. The van der Waals surface area contributed by atoms with Crippen molar-refractivity contribution in [2.24, 2.45) is 5.10 Å². The minimum Gasteiger partial charge on any atom is -0.292 e. The summed E-state index contributed by atoms with van der Waals surface area (Å²) in [6.07, 6.45) is 0. The first-order valence-corrected chi connectivity index (χ1v) is 8.79. The van der Waals surface area contributed by atoms with Crippen LogP contribution in [0.2, 0.25) is 0 Å². The number of aryl methyl sites for hydroxylation is 2. The minimum absolute atomic E-state index is 0.173. The summed E-state index contributed by atoms with van der Waals surface area (Å²) in [5.74, 6) is -0.173. The summed E-state index contributed by atoms with van der Waals surface area (Å²) in [6.45, 7) is 5.48. The van der Waals surface area contributed by atoms with Crippen LogP contribution in [0.4, 0.5) is 5.69 Å². The molecule has 26 heavy (non-hydrogen) atoms. The standard InChI is InChI=1S/C18H18N6OS/c1-12-4-8-15(9-5-12)19-20-17(14(3)25)26-18-21-22-23-24(18)16-10-6-13(2)7-11-16/h4-11,19H,1-3H3/b20-17+. The molecule has 3 aromatic rings. The van der Waals surface area contributed by atoms with Crippen LogP contribution in [0.25, 0.3) is 5.69 Å². The SMILES string of the molecule is CC(=O)/C(=N\Nc1ccc(C)cc1)Sc1nnnn1-c1ccc(C)cc1. The van der Waals surface area contributed by atoms with Crippen LogP contribution in [0.15, 0.2) is 58.8 Å². The number of hydrogen-bond acceptors (Lipinski definition) is 7. The summed E-state index contributed by atoms with van der Waals surface area (Å²) >= 11 is 1.12. The summed E-state index contributed by atoms with van der Waals surface area (Å²) in [5.41, 5.74) is 6.81. The summed E-state index contributed by atoms with van der Waals surface area (Å²) in [4.78, 5) is 12.0. The van der Waals surface area contributed by atoms with Crippen LogP contribution in [-0.4, -0.2) is 31.0 Å². The van der Waals surface area contributed by atoms with Gasteiger partial charge in [-0.05, 0) is 60.3 Å². The van der Waals surface area contributed by atoms with Crippen molar-refractivity contribution in [2.75, 3.05) is 5.43 Å². The van der Waals surface area contributed by atoms with Gasteiger partial charge in [0.1, 0.15) is 0 Å². The average Bonchev–Trinajstić information content (AvgIpc) is 3.08. The number of Topliss-reactive ketones (excluding diaryl/α,β-unsaturated/α-hetero) is 1. The third-order valence-electron chi connectivity index (χ3n) is 3.55. The number of rotatable bonds is 5. The summed E-state index contributed by atoms with van der Waals surface area (Å²) < 4.78 is 1.58. The zero-order chi connectivity index (χ0) is 18.5. The van der Waals surface area contributed by atoms with Gasteiger partial charge >= 0.3 is 0 Å². The van der Waals surface area contributed by atoms with Crippen LogP contribution in [-0.2, 0) is 4.79 Å². The third-order valence-corrected chi connectivity index (χ3v) is 4.56. The molecule has 0 unspecified atom stereocenters. The van der Waals surface area contributed by atoms with E-state index in [-0.39, 0.29) is 10.8 Å². The molecule has 0 spiro atoms. The Morgan fingerprint density at radius 2 is 1.65 bits per heavy atom. The van der Waals surface area contributed by atoms with Crippen molar-refractivity contribution in [3.05, 3.63) is 59.7 Å². The molecular weight excluding hydrogens is 348 g/mol. The highest BCUT2D eigenvalue weighted by Gasteiger charge is 2.16. The fourth-order valence-corrected chi connectivity index (χ4v) is 2.81. The lowest BCUT2D eigenvalue weighted by Gasteiger charge is -2.06. The lowest BCUT2D eigenvalue weighted by molar-refractivity contribution is -0.110. The second kappa shape index (κ2) is 7.92. The van der Waals surface area contributed by atoms with E-state index in [0.717, 1.165) is 34.3 Å². The average molecular weight is 366 g/mol. The molecule has 0 amide bonds. The van der Waals surface area contributed by atoms with Crippen molar-refractivity contribution in [3.63, 3.8) is 0 Å². The molecule has 132 valence electrons. The number of carbonyl (C=O) groups is 1. The number of anilines is 1. The Labute approximate surface area is 155 Å². The molecule has 0 radical (unpaired) electrons. The fraction of sp³-hybridized carbons (Fsp3) is 0.167. The molecule has 1 heterocycles. The van der Waals surface area contributed by atoms with E-state index in [1.807, 2.05) is 62.4 Å². The van der Waals surface area contributed by atoms with Gasteiger partial charge in [0.2, 0.25) is 5.16 Å². The molecule has 0 fully saturated rings. The van der Waals surface area contributed by atoms with Gasteiger partial charge in [0.05, 0.1) is 11.4 Å². The number of hydrogen-bond donors (Lipinski definition) is 1. The van der Waals surface area contributed by atoms with Gasteiger partial charge in [0.25, 0.3) is 0 Å². The van der Waals surface area contributed by atoms with Crippen molar-refractivity contribution < 1.29 is 4.79 Å². The Balaban J connectivity index is 1.82. The van der Waals surface area contributed by atoms with Crippen LogP contribution in [0.5, 0.6) is 0 Å². The Bertz CT molecular complexity index is 931. The molecule has 7 nitrogen and oxygen atoms in total. The maximum atomic E-state index is 12.0. The van der Waals surface area contributed by atoms with Crippen molar-refractivity contribution in [1.29, 1.82) is 0 Å². The molecular formula is C18H18N6OS. The van der Waals surface area contributed by atoms with E-state index < -0.39 is 0 Å². The number of aromatic nitrogens is 4. The van der Waals surface area contributed by atoms with E-state index in [2.05, 4.69) is 26.1 Å². The lowest BCUT2D eigenvalue weighted by atomic mass is 10.2. The lowest BCUT2D eigenvalue weighted by Crippen LogP contribution is -2.10. The van der Waals surface area contributed by atoms with Crippen LogP contribution < -0.4 is 5.43 Å². The van der Waals surface area contributed by atoms with Crippen LogP contribution in [0, 0.1) is 13.8 Å². The van der Waals surface area contributed by atoms with Gasteiger partial charge in [-0.2, -0.15) is 9.78 Å². The number of benzene rings is 2.